The lowest BCUT2D eigenvalue weighted by atomic mass is 10.0. The topological polar surface area (TPSA) is 83.6 Å². The van der Waals surface area contributed by atoms with Crippen molar-refractivity contribution in [2.45, 2.75) is 19.3 Å². The molecule has 108 valence electrons. The lowest BCUT2D eigenvalue weighted by Crippen LogP contribution is -2.28. The van der Waals surface area contributed by atoms with Gasteiger partial charge in [-0.25, -0.2) is 0 Å². The number of rotatable bonds is 4. The van der Waals surface area contributed by atoms with E-state index in [-0.39, 0.29) is 18.2 Å². The van der Waals surface area contributed by atoms with Gasteiger partial charge >= 0.3 is 5.97 Å². The average Bonchev–Trinajstić information content (AvgIpc) is 2.83. The van der Waals surface area contributed by atoms with E-state index in [1.807, 2.05) is 0 Å². The van der Waals surface area contributed by atoms with Gasteiger partial charge in [-0.2, -0.15) is 0 Å². The summed E-state index contributed by atoms with van der Waals surface area (Å²) in [4.78, 5) is 24.7. The highest BCUT2D eigenvalue weighted by Gasteiger charge is 2.27. The van der Waals surface area contributed by atoms with Crippen LogP contribution in [0.5, 0.6) is 0 Å². The Kier molecular flexibility index (Phi) is 4.65. The van der Waals surface area contributed by atoms with E-state index in [1.54, 1.807) is 23.1 Å². The molecule has 0 saturated carbocycles. The predicted molar refractivity (Wildman–Crippen MR) is 79.4 cm³/mol. The van der Waals surface area contributed by atoms with Gasteiger partial charge in [0.05, 0.1) is 0 Å². The number of amides is 1. The van der Waals surface area contributed by atoms with Gasteiger partial charge in [0.15, 0.2) is 0 Å². The molecule has 1 aromatic carbocycles. The van der Waals surface area contributed by atoms with Gasteiger partial charge in [0.25, 0.3) is 5.91 Å². The first-order chi connectivity index (χ1) is 9.45. The van der Waals surface area contributed by atoms with E-state index in [2.05, 4.69) is 15.9 Å². The number of anilines is 1. The van der Waals surface area contributed by atoms with E-state index in [9.17, 15) is 9.59 Å². The highest BCUT2D eigenvalue weighted by molar-refractivity contribution is 9.10. The number of aliphatic carboxylic acids is 1. The third kappa shape index (κ3) is 3.72. The normalized spacial score (nSPS) is 18.2. The van der Waals surface area contributed by atoms with Crippen LogP contribution < -0.4 is 5.73 Å². The van der Waals surface area contributed by atoms with Crippen molar-refractivity contribution in [2.24, 2.45) is 5.92 Å². The summed E-state index contributed by atoms with van der Waals surface area (Å²) in [5.74, 6) is -0.551. The SMILES string of the molecule is Nc1cc(Br)cc(C(=O)N2CCC(CCC(=O)O)C2)c1. The summed E-state index contributed by atoms with van der Waals surface area (Å²) in [7, 11) is 0. The van der Waals surface area contributed by atoms with Gasteiger partial charge in [-0.15, -0.1) is 0 Å². The molecule has 1 aromatic rings. The van der Waals surface area contributed by atoms with E-state index < -0.39 is 5.97 Å². The summed E-state index contributed by atoms with van der Waals surface area (Å²) in [6.07, 6.45) is 1.65. The molecule has 1 aliphatic heterocycles. The smallest absolute Gasteiger partial charge is 0.303 e. The summed E-state index contributed by atoms with van der Waals surface area (Å²) >= 11 is 3.33. The van der Waals surface area contributed by atoms with Crippen LogP contribution in [-0.2, 0) is 4.79 Å². The summed E-state index contributed by atoms with van der Waals surface area (Å²) in [6.45, 7) is 1.30. The Bertz CT molecular complexity index is 513. The van der Waals surface area contributed by atoms with Gasteiger partial charge in [-0.1, -0.05) is 15.9 Å². The Labute approximate surface area is 125 Å². The highest BCUT2D eigenvalue weighted by Crippen LogP contribution is 2.24. The van der Waals surface area contributed by atoms with Crippen LogP contribution in [0.2, 0.25) is 0 Å². The van der Waals surface area contributed by atoms with Gasteiger partial charge in [0, 0.05) is 35.2 Å². The first-order valence-corrected chi connectivity index (χ1v) is 7.32. The fourth-order valence-electron chi connectivity index (χ4n) is 2.50. The Morgan fingerprint density at radius 1 is 1.40 bits per heavy atom. The molecule has 1 heterocycles. The van der Waals surface area contributed by atoms with Crippen LogP contribution in [0, 0.1) is 5.92 Å². The number of nitrogens with two attached hydrogens (primary N) is 1. The zero-order valence-corrected chi connectivity index (χ0v) is 12.6. The van der Waals surface area contributed by atoms with E-state index in [0.29, 0.717) is 30.8 Å². The minimum absolute atomic E-state index is 0.0455. The van der Waals surface area contributed by atoms with Crippen molar-refractivity contribution in [3.63, 3.8) is 0 Å². The second-order valence-corrected chi connectivity index (χ2v) is 6.03. The molecule has 1 amide bonds. The quantitative estimate of drug-likeness (QED) is 0.824. The Balaban J connectivity index is 1.98. The fourth-order valence-corrected chi connectivity index (χ4v) is 3.01. The summed E-state index contributed by atoms with van der Waals surface area (Å²) < 4.78 is 0.780. The number of hydrogen-bond acceptors (Lipinski definition) is 3. The zero-order chi connectivity index (χ0) is 14.7. The molecule has 0 spiro atoms. The van der Waals surface area contributed by atoms with Crippen LogP contribution in [0.4, 0.5) is 5.69 Å². The van der Waals surface area contributed by atoms with Crippen molar-refractivity contribution >= 4 is 33.5 Å². The first kappa shape index (κ1) is 14.8. The molecular formula is C14H17BrN2O3. The van der Waals surface area contributed by atoms with E-state index in [0.717, 1.165) is 10.9 Å². The summed E-state index contributed by atoms with van der Waals surface area (Å²) in [6, 6.07) is 5.16. The van der Waals surface area contributed by atoms with Crippen LogP contribution in [0.25, 0.3) is 0 Å². The van der Waals surface area contributed by atoms with Crippen molar-refractivity contribution in [1.82, 2.24) is 4.90 Å². The highest BCUT2D eigenvalue weighted by atomic mass is 79.9. The van der Waals surface area contributed by atoms with Gasteiger partial charge in [0.1, 0.15) is 0 Å². The summed E-state index contributed by atoms with van der Waals surface area (Å²) in [5.41, 5.74) is 6.85. The minimum atomic E-state index is -0.783. The maximum atomic E-state index is 12.4. The number of nitrogens with zero attached hydrogens (tertiary/aromatic N) is 1. The van der Waals surface area contributed by atoms with E-state index in [4.69, 9.17) is 10.8 Å². The fraction of sp³-hybridized carbons (Fsp3) is 0.429. The second kappa shape index (κ2) is 6.26. The van der Waals surface area contributed by atoms with Crippen molar-refractivity contribution in [2.75, 3.05) is 18.8 Å². The lowest BCUT2D eigenvalue weighted by molar-refractivity contribution is -0.137. The molecule has 2 rings (SSSR count). The molecule has 1 saturated heterocycles. The molecular weight excluding hydrogens is 324 g/mol. The van der Waals surface area contributed by atoms with E-state index in [1.165, 1.54) is 0 Å². The predicted octanol–water partition coefficient (Wildman–Crippen LogP) is 2.36. The number of halogens is 1. The number of carboxylic acid groups (broad SMARTS) is 1. The number of carboxylic acids is 1. The maximum Gasteiger partial charge on any atom is 0.303 e. The van der Waals surface area contributed by atoms with Crippen LogP contribution in [0.3, 0.4) is 0 Å². The zero-order valence-electron chi connectivity index (χ0n) is 11.0. The maximum absolute atomic E-state index is 12.4. The Hall–Kier alpha value is -1.56. The number of carbonyl (C=O) groups is 2. The molecule has 0 bridgehead atoms. The molecule has 0 aliphatic carbocycles. The van der Waals surface area contributed by atoms with Crippen LogP contribution >= 0.6 is 15.9 Å². The standard InChI is InChI=1S/C14H17BrN2O3/c15-11-5-10(6-12(16)7-11)14(20)17-4-3-9(8-17)1-2-13(18)19/h5-7,9H,1-4,8,16H2,(H,18,19). The lowest BCUT2D eigenvalue weighted by Gasteiger charge is -2.17. The molecule has 3 N–H and O–H groups in total. The van der Waals surface area contributed by atoms with Crippen molar-refractivity contribution < 1.29 is 14.7 Å². The van der Waals surface area contributed by atoms with Crippen molar-refractivity contribution in [1.29, 1.82) is 0 Å². The molecule has 1 unspecified atom stereocenters. The van der Waals surface area contributed by atoms with Crippen molar-refractivity contribution in [3.05, 3.63) is 28.2 Å². The third-order valence-electron chi connectivity index (χ3n) is 3.51. The molecule has 0 radical (unpaired) electrons. The second-order valence-electron chi connectivity index (χ2n) is 5.11. The summed E-state index contributed by atoms with van der Waals surface area (Å²) in [5, 5.41) is 8.69. The number of nitrogen functional groups attached to an aromatic ring is 1. The van der Waals surface area contributed by atoms with Gasteiger partial charge < -0.3 is 15.7 Å². The van der Waals surface area contributed by atoms with E-state index >= 15 is 0 Å². The average molecular weight is 341 g/mol. The molecule has 1 atom stereocenters. The monoisotopic (exact) mass is 340 g/mol. The van der Waals surface area contributed by atoms with Gasteiger partial charge in [0.2, 0.25) is 0 Å². The number of benzene rings is 1. The number of carbonyl (C=O) groups excluding carboxylic acids is 1. The van der Waals surface area contributed by atoms with Gasteiger partial charge in [-0.05, 0) is 37.0 Å². The number of hydrogen-bond donors (Lipinski definition) is 2. The third-order valence-corrected chi connectivity index (χ3v) is 3.96. The Morgan fingerprint density at radius 3 is 2.80 bits per heavy atom. The molecule has 1 aliphatic rings. The molecule has 20 heavy (non-hydrogen) atoms. The van der Waals surface area contributed by atoms with Crippen molar-refractivity contribution in [3.8, 4) is 0 Å². The van der Waals surface area contributed by atoms with Crippen LogP contribution in [0.1, 0.15) is 29.6 Å². The van der Waals surface area contributed by atoms with Crippen LogP contribution in [-0.4, -0.2) is 35.0 Å². The van der Waals surface area contributed by atoms with Gasteiger partial charge in [-0.3, -0.25) is 9.59 Å². The molecule has 1 fully saturated rings. The molecule has 5 nitrogen and oxygen atoms in total. The Morgan fingerprint density at radius 2 is 2.15 bits per heavy atom. The van der Waals surface area contributed by atoms with Crippen LogP contribution in [0.15, 0.2) is 22.7 Å². The largest absolute Gasteiger partial charge is 0.481 e. The molecule has 0 aromatic heterocycles. The molecule has 6 heteroatoms. The minimum Gasteiger partial charge on any atom is -0.481 e. The first-order valence-electron chi connectivity index (χ1n) is 6.53. The number of likely N-dealkylation sites (tertiary alicyclic amines) is 1.